The van der Waals surface area contributed by atoms with E-state index in [-0.39, 0.29) is 5.75 Å². The van der Waals surface area contributed by atoms with Gasteiger partial charge in [0.15, 0.2) is 11.0 Å². The van der Waals surface area contributed by atoms with E-state index in [0.717, 1.165) is 33.3 Å². The molecular weight excluding hydrogens is 422 g/mol. The van der Waals surface area contributed by atoms with Crippen molar-refractivity contribution in [2.75, 3.05) is 5.75 Å². The van der Waals surface area contributed by atoms with E-state index < -0.39 is 5.97 Å². The standard InChI is InChI=1S/C13H13Br2N3O2S/c1-2-3-18-12(8-4-9(14)6-10(15)5-8)16-17-13(18)21-7-11(19)20/h4-6H,2-3,7H2,1H3,(H,19,20). The average Bonchev–Trinajstić information content (AvgIpc) is 2.79. The molecule has 1 N–H and O–H groups in total. The third-order valence-electron chi connectivity index (χ3n) is 2.61. The van der Waals surface area contributed by atoms with Crippen molar-refractivity contribution < 1.29 is 9.90 Å². The van der Waals surface area contributed by atoms with Crippen molar-refractivity contribution in [2.45, 2.75) is 25.0 Å². The zero-order chi connectivity index (χ0) is 15.4. The Morgan fingerprint density at radius 3 is 2.52 bits per heavy atom. The number of carbonyl (C=O) groups is 1. The first kappa shape index (κ1) is 16.5. The van der Waals surface area contributed by atoms with Gasteiger partial charge < -0.3 is 9.67 Å². The number of hydrogen-bond donors (Lipinski definition) is 1. The van der Waals surface area contributed by atoms with Crippen molar-refractivity contribution in [1.82, 2.24) is 14.8 Å². The highest BCUT2D eigenvalue weighted by atomic mass is 79.9. The summed E-state index contributed by atoms with van der Waals surface area (Å²) < 4.78 is 3.84. The van der Waals surface area contributed by atoms with Gasteiger partial charge in [-0.3, -0.25) is 4.79 Å². The van der Waals surface area contributed by atoms with Gasteiger partial charge in [0, 0.05) is 21.1 Å². The van der Waals surface area contributed by atoms with Gasteiger partial charge >= 0.3 is 5.97 Å². The van der Waals surface area contributed by atoms with E-state index in [2.05, 4.69) is 49.0 Å². The zero-order valence-electron chi connectivity index (χ0n) is 11.2. The van der Waals surface area contributed by atoms with Gasteiger partial charge in [0.1, 0.15) is 0 Å². The second-order valence-corrected chi connectivity index (χ2v) is 7.07. The third kappa shape index (κ3) is 4.31. The first-order valence-corrected chi connectivity index (χ1v) is 8.82. The summed E-state index contributed by atoms with van der Waals surface area (Å²) in [7, 11) is 0. The number of halogens is 2. The molecule has 0 bridgehead atoms. The highest BCUT2D eigenvalue weighted by molar-refractivity contribution is 9.11. The third-order valence-corrected chi connectivity index (χ3v) is 4.48. The maximum atomic E-state index is 10.7. The van der Waals surface area contributed by atoms with Crippen molar-refractivity contribution in [3.8, 4) is 11.4 Å². The second-order valence-electron chi connectivity index (χ2n) is 4.30. The van der Waals surface area contributed by atoms with Crippen LogP contribution in [0.3, 0.4) is 0 Å². The minimum absolute atomic E-state index is 0.0238. The molecule has 0 aliphatic carbocycles. The SMILES string of the molecule is CCCn1c(SCC(=O)O)nnc1-c1cc(Br)cc(Br)c1. The lowest BCUT2D eigenvalue weighted by molar-refractivity contribution is -0.133. The van der Waals surface area contributed by atoms with Crippen LogP contribution >= 0.6 is 43.6 Å². The number of rotatable bonds is 6. The van der Waals surface area contributed by atoms with Gasteiger partial charge in [-0.15, -0.1) is 10.2 Å². The number of carboxylic acids is 1. The summed E-state index contributed by atoms with van der Waals surface area (Å²) in [6, 6.07) is 5.88. The van der Waals surface area contributed by atoms with Crippen molar-refractivity contribution >= 4 is 49.6 Å². The Morgan fingerprint density at radius 2 is 1.95 bits per heavy atom. The molecule has 112 valence electrons. The summed E-state index contributed by atoms with van der Waals surface area (Å²) >= 11 is 8.11. The molecule has 0 atom stereocenters. The van der Waals surface area contributed by atoms with Crippen LogP contribution < -0.4 is 0 Å². The normalized spacial score (nSPS) is 10.8. The average molecular weight is 435 g/mol. The summed E-state index contributed by atoms with van der Waals surface area (Å²) in [6.07, 6.45) is 0.918. The van der Waals surface area contributed by atoms with Crippen molar-refractivity contribution in [3.05, 3.63) is 27.1 Å². The molecule has 1 aromatic heterocycles. The van der Waals surface area contributed by atoms with Crippen molar-refractivity contribution in [2.24, 2.45) is 0 Å². The molecule has 0 radical (unpaired) electrons. The quantitative estimate of drug-likeness (QED) is 0.694. The van der Waals surface area contributed by atoms with Crippen LogP contribution in [0.2, 0.25) is 0 Å². The molecule has 0 saturated heterocycles. The molecule has 1 heterocycles. The van der Waals surface area contributed by atoms with Crippen LogP contribution in [0.5, 0.6) is 0 Å². The number of benzene rings is 1. The smallest absolute Gasteiger partial charge is 0.313 e. The fraction of sp³-hybridized carbons (Fsp3) is 0.308. The Bertz CT molecular complexity index is 641. The molecule has 2 aromatic rings. The maximum Gasteiger partial charge on any atom is 0.313 e. The lowest BCUT2D eigenvalue weighted by Crippen LogP contribution is -2.04. The minimum Gasteiger partial charge on any atom is -0.481 e. The first-order chi connectivity index (χ1) is 10.0. The van der Waals surface area contributed by atoms with Crippen LogP contribution in [0.1, 0.15) is 13.3 Å². The summed E-state index contributed by atoms with van der Waals surface area (Å²) in [5, 5.41) is 17.8. The molecule has 0 amide bonds. The van der Waals surface area contributed by atoms with Crippen LogP contribution in [0.4, 0.5) is 0 Å². The fourth-order valence-corrected chi connectivity index (χ4v) is 3.82. The Balaban J connectivity index is 2.40. The molecule has 0 unspecified atom stereocenters. The van der Waals surface area contributed by atoms with Gasteiger partial charge in [0.2, 0.25) is 0 Å². The summed E-state index contributed by atoms with van der Waals surface area (Å²) in [4.78, 5) is 10.7. The van der Waals surface area contributed by atoms with Crippen LogP contribution in [0.25, 0.3) is 11.4 Å². The van der Waals surface area contributed by atoms with E-state index >= 15 is 0 Å². The first-order valence-electron chi connectivity index (χ1n) is 6.25. The largest absolute Gasteiger partial charge is 0.481 e. The van der Waals surface area contributed by atoms with Gasteiger partial charge in [-0.25, -0.2) is 0 Å². The number of aliphatic carboxylic acids is 1. The molecule has 0 spiro atoms. The van der Waals surface area contributed by atoms with Gasteiger partial charge in [0.25, 0.3) is 0 Å². The topological polar surface area (TPSA) is 68.0 Å². The van der Waals surface area contributed by atoms with E-state index in [1.165, 1.54) is 11.8 Å². The molecule has 5 nitrogen and oxygen atoms in total. The Kier molecular flexibility index (Phi) is 5.83. The lowest BCUT2D eigenvalue weighted by Gasteiger charge is -2.09. The molecule has 0 saturated carbocycles. The van der Waals surface area contributed by atoms with Crippen LogP contribution in [0, 0.1) is 0 Å². The lowest BCUT2D eigenvalue weighted by atomic mass is 10.2. The number of nitrogens with zero attached hydrogens (tertiary/aromatic N) is 3. The van der Waals surface area contributed by atoms with E-state index in [0.29, 0.717) is 5.16 Å². The molecular formula is C13H13Br2N3O2S. The molecule has 2 rings (SSSR count). The zero-order valence-corrected chi connectivity index (χ0v) is 15.2. The predicted molar refractivity (Wildman–Crippen MR) is 89.5 cm³/mol. The molecule has 0 aliphatic heterocycles. The van der Waals surface area contributed by atoms with Gasteiger partial charge in [-0.1, -0.05) is 50.5 Å². The number of carboxylic acid groups (broad SMARTS) is 1. The van der Waals surface area contributed by atoms with Crippen LogP contribution in [0.15, 0.2) is 32.3 Å². The van der Waals surface area contributed by atoms with E-state index in [9.17, 15) is 4.79 Å². The number of hydrogen-bond acceptors (Lipinski definition) is 4. The highest BCUT2D eigenvalue weighted by Crippen LogP contribution is 2.29. The van der Waals surface area contributed by atoms with Gasteiger partial charge in [0.05, 0.1) is 5.75 Å². The predicted octanol–water partition coefficient (Wildman–Crippen LogP) is 4.06. The molecule has 1 aromatic carbocycles. The fourth-order valence-electron chi connectivity index (χ4n) is 1.84. The maximum absolute atomic E-state index is 10.7. The second kappa shape index (κ2) is 7.42. The van der Waals surface area contributed by atoms with Crippen molar-refractivity contribution in [1.29, 1.82) is 0 Å². The monoisotopic (exact) mass is 433 g/mol. The Labute approximate surface area is 143 Å². The molecule has 0 aliphatic rings. The number of thioether (sulfide) groups is 1. The summed E-state index contributed by atoms with van der Waals surface area (Å²) in [5.74, 6) is -0.145. The molecule has 8 heteroatoms. The van der Waals surface area contributed by atoms with Gasteiger partial charge in [-0.05, 0) is 24.6 Å². The summed E-state index contributed by atoms with van der Waals surface area (Å²) in [6.45, 7) is 2.81. The Morgan fingerprint density at radius 1 is 1.29 bits per heavy atom. The number of aromatic nitrogens is 3. The van der Waals surface area contributed by atoms with Crippen LogP contribution in [-0.2, 0) is 11.3 Å². The minimum atomic E-state index is -0.863. The van der Waals surface area contributed by atoms with E-state index in [1.807, 2.05) is 22.8 Å². The Hall–Kier alpha value is -0.860. The van der Waals surface area contributed by atoms with E-state index in [4.69, 9.17) is 5.11 Å². The summed E-state index contributed by atoms with van der Waals surface area (Å²) in [5.41, 5.74) is 0.930. The molecule has 21 heavy (non-hydrogen) atoms. The highest BCUT2D eigenvalue weighted by Gasteiger charge is 2.15. The van der Waals surface area contributed by atoms with Crippen LogP contribution in [-0.4, -0.2) is 31.6 Å². The van der Waals surface area contributed by atoms with Gasteiger partial charge in [-0.2, -0.15) is 0 Å². The van der Waals surface area contributed by atoms with E-state index in [1.54, 1.807) is 0 Å². The molecule has 0 fully saturated rings. The van der Waals surface area contributed by atoms with Crippen molar-refractivity contribution in [3.63, 3.8) is 0 Å².